The maximum absolute atomic E-state index is 12.5. The van der Waals surface area contributed by atoms with Crippen LogP contribution in [0.15, 0.2) is 58.5 Å². The van der Waals surface area contributed by atoms with Crippen LogP contribution in [-0.4, -0.2) is 48.6 Å². The number of anilines is 2. The number of hydrogen-bond acceptors (Lipinski definition) is 6. The Kier molecular flexibility index (Phi) is 7.79. The molecule has 33 heavy (non-hydrogen) atoms. The highest BCUT2D eigenvalue weighted by molar-refractivity contribution is 6.61. The predicted molar refractivity (Wildman–Crippen MR) is 141 cm³/mol. The van der Waals surface area contributed by atoms with E-state index in [0.29, 0.717) is 23.5 Å². The standard InChI is InChI=1S/C27H35N5O/c1-7-32(19(4)5)23-14-10-20(11-15-23)29-25-17-26(27(33)16-24(25)28)30-21-8-12-22(13-9-21)31(6)18(2)3/h8-15,18-19,28H,7,16-17H2,1-6H3. The molecule has 0 radical (unpaired) electrons. The molecule has 6 nitrogen and oxygen atoms in total. The van der Waals surface area contributed by atoms with E-state index in [2.05, 4.69) is 73.6 Å². The first kappa shape index (κ1) is 24.4. The molecule has 174 valence electrons. The van der Waals surface area contributed by atoms with Crippen LogP contribution in [-0.2, 0) is 4.79 Å². The molecule has 0 spiro atoms. The van der Waals surface area contributed by atoms with Crippen LogP contribution in [0.1, 0.15) is 47.5 Å². The highest BCUT2D eigenvalue weighted by Gasteiger charge is 2.26. The molecular weight excluding hydrogens is 410 g/mol. The minimum atomic E-state index is -0.104. The zero-order valence-corrected chi connectivity index (χ0v) is 20.6. The summed E-state index contributed by atoms with van der Waals surface area (Å²) in [5, 5.41) is 8.29. The van der Waals surface area contributed by atoms with Crippen LogP contribution in [0.4, 0.5) is 22.7 Å². The third kappa shape index (κ3) is 5.95. The smallest absolute Gasteiger partial charge is 0.183 e. The van der Waals surface area contributed by atoms with Gasteiger partial charge in [0.25, 0.3) is 0 Å². The van der Waals surface area contributed by atoms with Crippen molar-refractivity contribution in [1.29, 1.82) is 5.41 Å². The molecular formula is C27H35N5O. The molecule has 0 heterocycles. The van der Waals surface area contributed by atoms with Gasteiger partial charge in [0, 0.05) is 43.5 Å². The van der Waals surface area contributed by atoms with Crippen molar-refractivity contribution in [2.75, 3.05) is 23.4 Å². The summed E-state index contributed by atoms with van der Waals surface area (Å²) in [4.78, 5) is 26.3. The topological polar surface area (TPSA) is 72.1 Å². The minimum Gasteiger partial charge on any atom is -0.372 e. The normalized spacial score (nSPS) is 16.8. The Bertz CT molecular complexity index is 1050. The Morgan fingerprint density at radius 3 is 1.82 bits per heavy atom. The zero-order valence-electron chi connectivity index (χ0n) is 20.6. The summed E-state index contributed by atoms with van der Waals surface area (Å²) in [7, 11) is 2.06. The summed E-state index contributed by atoms with van der Waals surface area (Å²) in [6, 6.07) is 16.8. The van der Waals surface area contributed by atoms with Crippen LogP contribution in [0.5, 0.6) is 0 Å². The van der Waals surface area contributed by atoms with Crippen molar-refractivity contribution in [3.05, 3.63) is 48.5 Å². The Morgan fingerprint density at radius 1 is 0.818 bits per heavy atom. The van der Waals surface area contributed by atoms with Crippen molar-refractivity contribution in [2.24, 2.45) is 9.98 Å². The molecule has 0 saturated heterocycles. The quantitative estimate of drug-likeness (QED) is 0.569. The van der Waals surface area contributed by atoms with Gasteiger partial charge in [-0.15, -0.1) is 0 Å². The number of benzene rings is 2. The second-order valence-corrected chi connectivity index (χ2v) is 8.99. The fourth-order valence-corrected chi connectivity index (χ4v) is 3.87. The number of hydrogen-bond donors (Lipinski definition) is 1. The molecule has 1 saturated carbocycles. The predicted octanol–water partition coefficient (Wildman–Crippen LogP) is 5.99. The van der Waals surface area contributed by atoms with Crippen molar-refractivity contribution < 1.29 is 4.79 Å². The molecule has 1 aliphatic carbocycles. The lowest BCUT2D eigenvalue weighted by Crippen LogP contribution is -2.32. The van der Waals surface area contributed by atoms with Gasteiger partial charge >= 0.3 is 0 Å². The van der Waals surface area contributed by atoms with Crippen LogP contribution in [0.3, 0.4) is 0 Å². The van der Waals surface area contributed by atoms with E-state index in [9.17, 15) is 4.79 Å². The van der Waals surface area contributed by atoms with Crippen molar-refractivity contribution in [3.63, 3.8) is 0 Å². The van der Waals surface area contributed by atoms with Gasteiger partial charge in [-0.25, -0.2) is 4.99 Å². The number of rotatable bonds is 7. The van der Waals surface area contributed by atoms with E-state index in [1.54, 1.807) is 0 Å². The van der Waals surface area contributed by atoms with Gasteiger partial charge < -0.3 is 15.2 Å². The number of nitrogens with one attached hydrogen (secondary N) is 1. The lowest BCUT2D eigenvalue weighted by molar-refractivity contribution is -0.112. The van der Waals surface area contributed by atoms with E-state index in [1.165, 1.54) is 0 Å². The van der Waals surface area contributed by atoms with Gasteiger partial charge in [0.05, 0.1) is 34.9 Å². The molecule has 1 aliphatic rings. The fraction of sp³-hybridized carbons (Fsp3) is 0.407. The highest BCUT2D eigenvalue weighted by Crippen LogP contribution is 2.25. The second kappa shape index (κ2) is 10.6. The molecule has 0 unspecified atom stereocenters. The van der Waals surface area contributed by atoms with E-state index in [0.717, 1.165) is 29.3 Å². The van der Waals surface area contributed by atoms with Crippen LogP contribution < -0.4 is 9.80 Å². The SMILES string of the molecule is CCN(c1ccc(N=C2CC(=Nc3ccc(N(C)C(C)C)cc3)C(=O)CC2=N)cc1)C(C)C. The lowest BCUT2D eigenvalue weighted by Gasteiger charge is -2.27. The number of aliphatic imine (C=N–C) groups is 2. The average Bonchev–Trinajstić information content (AvgIpc) is 2.78. The van der Waals surface area contributed by atoms with Crippen molar-refractivity contribution in [1.82, 2.24) is 0 Å². The van der Waals surface area contributed by atoms with Gasteiger partial charge in [0.2, 0.25) is 0 Å². The molecule has 0 amide bonds. The lowest BCUT2D eigenvalue weighted by atomic mass is 9.93. The van der Waals surface area contributed by atoms with Gasteiger partial charge in [0.1, 0.15) is 0 Å². The summed E-state index contributed by atoms with van der Waals surface area (Å²) < 4.78 is 0. The van der Waals surface area contributed by atoms with Gasteiger partial charge in [-0.1, -0.05) is 0 Å². The molecule has 2 aromatic rings. The monoisotopic (exact) mass is 445 g/mol. The van der Waals surface area contributed by atoms with E-state index < -0.39 is 0 Å². The fourth-order valence-electron chi connectivity index (χ4n) is 3.87. The van der Waals surface area contributed by atoms with Gasteiger partial charge in [-0.3, -0.25) is 9.79 Å². The largest absolute Gasteiger partial charge is 0.372 e. The molecule has 6 heteroatoms. The third-order valence-corrected chi connectivity index (χ3v) is 6.05. The zero-order chi connectivity index (χ0) is 24.1. The molecule has 3 rings (SSSR count). The third-order valence-electron chi connectivity index (χ3n) is 6.05. The van der Waals surface area contributed by atoms with Gasteiger partial charge in [0.15, 0.2) is 5.78 Å². The summed E-state index contributed by atoms with van der Waals surface area (Å²) in [5.74, 6) is -0.104. The first-order valence-electron chi connectivity index (χ1n) is 11.6. The van der Waals surface area contributed by atoms with E-state index in [-0.39, 0.29) is 24.3 Å². The summed E-state index contributed by atoms with van der Waals surface area (Å²) in [6.45, 7) is 11.7. The van der Waals surface area contributed by atoms with Crippen LogP contribution in [0, 0.1) is 5.41 Å². The Hall–Kier alpha value is -3.28. The molecule has 0 aliphatic heterocycles. The second-order valence-electron chi connectivity index (χ2n) is 8.99. The minimum absolute atomic E-state index is 0.0425. The molecule has 1 fully saturated rings. The Balaban J connectivity index is 1.80. The number of ketones is 1. The maximum atomic E-state index is 12.5. The summed E-state index contributed by atoms with van der Waals surface area (Å²) in [5.41, 5.74) is 5.12. The molecule has 0 atom stereocenters. The summed E-state index contributed by atoms with van der Waals surface area (Å²) in [6.07, 6.45) is 0.320. The summed E-state index contributed by atoms with van der Waals surface area (Å²) >= 11 is 0. The van der Waals surface area contributed by atoms with E-state index in [4.69, 9.17) is 5.41 Å². The van der Waals surface area contributed by atoms with Crippen molar-refractivity contribution >= 4 is 45.7 Å². The Morgan fingerprint density at radius 2 is 1.33 bits per heavy atom. The van der Waals surface area contributed by atoms with Crippen LogP contribution in [0.25, 0.3) is 0 Å². The molecule has 1 N–H and O–H groups in total. The Labute approximate surface area is 197 Å². The number of carbonyl (C=O) groups is 1. The van der Waals surface area contributed by atoms with Crippen LogP contribution in [0.2, 0.25) is 0 Å². The van der Waals surface area contributed by atoms with E-state index in [1.807, 2.05) is 36.4 Å². The molecule has 2 aromatic carbocycles. The van der Waals surface area contributed by atoms with Crippen LogP contribution >= 0.6 is 0 Å². The number of carbonyl (C=O) groups excluding carboxylic acids is 1. The van der Waals surface area contributed by atoms with E-state index >= 15 is 0 Å². The maximum Gasteiger partial charge on any atom is 0.183 e. The van der Waals surface area contributed by atoms with Crippen molar-refractivity contribution in [3.8, 4) is 0 Å². The van der Waals surface area contributed by atoms with Crippen molar-refractivity contribution in [2.45, 2.75) is 59.5 Å². The molecule has 0 bridgehead atoms. The number of nitrogens with zero attached hydrogens (tertiary/aromatic N) is 4. The first-order chi connectivity index (χ1) is 15.7. The van der Waals surface area contributed by atoms with Gasteiger partial charge in [-0.2, -0.15) is 0 Å². The first-order valence-corrected chi connectivity index (χ1v) is 11.6. The average molecular weight is 446 g/mol. The van der Waals surface area contributed by atoms with Gasteiger partial charge in [-0.05, 0) is 83.1 Å². The highest BCUT2D eigenvalue weighted by atomic mass is 16.1. The number of Topliss-reactive ketones (excluding diaryl/α,β-unsaturated/α-hetero) is 1. The molecule has 0 aromatic heterocycles.